The topological polar surface area (TPSA) is 141 Å². The number of hydroxylamine groups is 3. The number of hydrogen-bond acceptors (Lipinski definition) is 8. The van der Waals surface area contributed by atoms with Crippen LogP contribution in [0, 0.1) is 5.92 Å². The fourth-order valence-electron chi connectivity index (χ4n) is 4.88. The summed E-state index contributed by atoms with van der Waals surface area (Å²) in [5.41, 5.74) is 2.42. The van der Waals surface area contributed by atoms with E-state index in [9.17, 15) is 18.0 Å². The molecule has 4 heterocycles. The molecule has 0 aromatic heterocycles. The van der Waals surface area contributed by atoms with Gasteiger partial charge in [-0.1, -0.05) is 0 Å². The minimum Gasteiger partial charge on any atom is -0.311 e. The predicted molar refractivity (Wildman–Crippen MR) is 103 cm³/mol. The van der Waals surface area contributed by atoms with E-state index in [-0.39, 0.29) is 12.6 Å². The van der Waals surface area contributed by atoms with Crippen molar-refractivity contribution in [2.75, 3.05) is 39.3 Å². The SMILES string of the molecule is O=C(NOC[C@H]1C[C@H](CN2CCCC2)CN1)[C@@H]1CC[C@@H]2CN1C(=O)N2OS(=O)(=O)O. The van der Waals surface area contributed by atoms with Crippen LogP contribution in [0.5, 0.6) is 0 Å². The van der Waals surface area contributed by atoms with Gasteiger partial charge in [0.2, 0.25) is 0 Å². The number of likely N-dealkylation sites (tertiary alicyclic amines) is 1. The van der Waals surface area contributed by atoms with Crippen molar-refractivity contribution in [3.05, 3.63) is 0 Å². The maximum Gasteiger partial charge on any atom is 0.418 e. The highest BCUT2D eigenvalue weighted by atomic mass is 32.3. The molecule has 0 unspecified atom stereocenters. The van der Waals surface area contributed by atoms with Gasteiger partial charge in [0.15, 0.2) is 0 Å². The van der Waals surface area contributed by atoms with E-state index < -0.39 is 34.4 Å². The summed E-state index contributed by atoms with van der Waals surface area (Å²) in [6.45, 7) is 4.88. The van der Waals surface area contributed by atoms with Gasteiger partial charge in [-0.25, -0.2) is 10.3 Å². The second-order valence-electron chi connectivity index (χ2n) is 8.50. The molecule has 4 saturated heterocycles. The third-order valence-electron chi connectivity index (χ3n) is 6.29. The summed E-state index contributed by atoms with van der Waals surface area (Å²) in [5.74, 6) is 0.126. The second kappa shape index (κ2) is 8.93. The Hall–Kier alpha value is -1.51. The third-order valence-corrected chi connectivity index (χ3v) is 6.63. The van der Waals surface area contributed by atoms with Crippen LogP contribution in [0.25, 0.3) is 0 Å². The molecular formula is C17H29N5O7S. The van der Waals surface area contributed by atoms with E-state index in [0.29, 0.717) is 30.4 Å². The summed E-state index contributed by atoms with van der Waals surface area (Å²) in [6, 6.07) is -1.90. The molecule has 3 N–H and O–H groups in total. The van der Waals surface area contributed by atoms with Crippen molar-refractivity contribution in [2.24, 2.45) is 5.92 Å². The van der Waals surface area contributed by atoms with Crippen LogP contribution in [-0.4, -0.2) is 97.2 Å². The molecular weight excluding hydrogens is 418 g/mol. The van der Waals surface area contributed by atoms with E-state index in [1.807, 2.05) is 0 Å². The molecule has 0 spiro atoms. The zero-order valence-electron chi connectivity index (χ0n) is 16.7. The maximum absolute atomic E-state index is 12.5. The lowest BCUT2D eigenvalue weighted by atomic mass is 10.0. The summed E-state index contributed by atoms with van der Waals surface area (Å²) in [5, 5.41) is 4.04. The minimum atomic E-state index is -4.81. The number of piperidine rings is 1. The Morgan fingerprint density at radius 3 is 2.77 bits per heavy atom. The Balaban J connectivity index is 1.20. The number of nitrogens with one attached hydrogen (secondary N) is 2. The molecule has 12 nitrogen and oxygen atoms in total. The van der Waals surface area contributed by atoms with Gasteiger partial charge in [0.1, 0.15) is 6.04 Å². The van der Waals surface area contributed by atoms with Crippen molar-refractivity contribution < 1.29 is 31.7 Å². The Morgan fingerprint density at radius 2 is 2.03 bits per heavy atom. The molecule has 4 rings (SSSR count). The number of urea groups is 1. The van der Waals surface area contributed by atoms with Crippen LogP contribution in [0.15, 0.2) is 0 Å². The highest BCUT2D eigenvalue weighted by Crippen LogP contribution is 2.30. The smallest absolute Gasteiger partial charge is 0.311 e. The molecule has 13 heteroatoms. The number of nitrogens with zero attached hydrogens (tertiary/aromatic N) is 3. The van der Waals surface area contributed by atoms with Gasteiger partial charge in [-0.3, -0.25) is 14.2 Å². The quantitative estimate of drug-likeness (QED) is 0.319. The first kappa shape index (κ1) is 21.7. The van der Waals surface area contributed by atoms with Crippen LogP contribution in [0.2, 0.25) is 0 Å². The second-order valence-corrected chi connectivity index (χ2v) is 9.51. The molecule has 0 aromatic carbocycles. The van der Waals surface area contributed by atoms with Crippen molar-refractivity contribution >= 4 is 22.3 Å². The van der Waals surface area contributed by atoms with Gasteiger partial charge < -0.3 is 15.1 Å². The highest BCUT2D eigenvalue weighted by molar-refractivity contribution is 7.80. The number of rotatable bonds is 8. The van der Waals surface area contributed by atoms with Gasteiger partial charge in [0.05, 0.1) is 12.6 Å². The van der Waals surface area contributed by atoms with Gasteiger partial charge in [0, 0.05) is 19.1 Å². The molecule has 4 fully saturated rings. The molecule has 2 bridgehead atoms. The summed E-state index contributed by atoms with van der Waals surface area (Å²) in [4.78, 5) is 34.0. The minimum absolute atomic E-state index is 0.148. The first-order valence-electron chi connectivity index (χ1n) is 10.4. The molecule has 0 aliphatic carbocycles. The number of amides is 3. The lowest BCUT2D eigenvalue weighted by molar-refractivity contribution is -0.139. The monoisotopic (exact) mass is 447 g/mol. The third kappa shape index (κ3) is 5.03. The summed E-state index contributed by atoms with van der Waals surface area (Å²) < 4.78 is 35.1. The Morgan fingerprint density at radius 1 is 1.27 bits per heavy atom. The molecule has 4 atom stereocenters. The van der Waals surface area contributed by atoms with E-state index in [2.05, 4.69) is 20.0 Å². The molecule has 4 aliphatic heterocycles. The fourth-order valence-corrected chi connectivity index (χ4v) is 5.27. The van der Waals surface area contributed by atoms with Crippen LogP contribution in [0.3, 0.4) is 0 Å². The van der Waals surface area contributed by atoms with Crippen molar-refractivity contribution in [1.29, 1.82) is 0 Å². The fraction of sp³-hybridized carbons (Fsp3) is 0.882. The predicted octanol–water partition coefficient (Wildman–Crippen LogP) is -0.889. The van der Waals surface area contributed by atoms with Crippen LogP contribution >= 0.6 is 0 Å². The van der Waals surface area contributed by atoms with Gasteiger partial charge in [-0.15, -0.1) is 4.28 Å². The summed E-state index contributed by atoms with van der Waals surface area (Å²) in [6.07, 6.45) is 4.26. The molecule has 0 aromatic rings. The van der Waals surface area contributed by atoms with Crippen LogP contribution in [-0.2, 0) is 24.3 Å². The number of carbonyl (C=O) groups excluding carboxylic acids is 2. The zero-order chi connectivity index (χ0) is 21.3. The lowest BCUT2D eigenvalue weighted by Crippen LogP contribution is -2.50. The normalized spacial score (nSPS) is 32.2. The van der Waals surface area contributed by atoms with E-state index in [1.165, 1.54) is 30.8 Å². The molecule has 0 saturated carbocycles. The van der Waals surface area contributed by atoms with Crippen molar-refractivity contribution in [2.45, 2.75) is 50.2 Å². The van der Waals surface area contributed by atoms with Gasteiger partial charge in [0.25, 0.3) is 5.91 Å². The Labute approximate surface area is 175 Å². The molecule has 170 valence electrons. The molecule has 3 amide bonds. The van der Waals surface area contributed by atoms with Crippen molar-refractivity contribution in [3.63, 3.8) is 0 Å². The van der Waals surface area contributed by atoms with Gasteiger partial charge in [-0.05, 0) is 57.7 Å². The Bertz CT molecular complexity index is 760. The highest BCUT2D eigenvalue weighted by Gasteiger charge is 2.49. The number of fused-ring (bicyclic) bond motifs is 2. The van der Waals surface area contributed by atoms with Gasteiger partial charge >= 0.3 is 16.4 Å². The largest absolute Gasteiger partial charge is 0.418 e. The standard InChI is InChI=1S/C17H29N5O7S/c23-16(15-4-3-14-10-21(15)17(24)22(14)29-30(25,26)27)19-28-11-13-7-12(8-18-13)9-20-5-1-2-6-20/h12-15,18H,1-11H2,(H,19,23)(H,25,26,27)/t12-,13+,14+,15-/m0/s1. The summed E-state index contributed by atoms with van der Waals surface area (Å²) >= 11 is 0. The van der Waals surface area contributed by atoms with Gasteiger partial charge in [-0.2, -0.15) is 13.5 Å². The first-order chi connectivity index (χ1) is 14.3. The van der Waals surface area contributed by atoms with Crippen molar-refractivity contribution in [1.82, 2.24) is 25.7 Å². The van der Waals surface area contributed by atoms with Crippen LogP contribution < -0.4 is 10.8 Å². The average molecular weight is 448 g/mol. The van der Waals surface area contributed by atoms with E-state index in [0.717, 1.165) is 19.5 Å². The number of hydrogen-bond donors (Lipinski definition) is 3. The zero-order valence-corrected chi connectivity index (χ0v) is 17.6. The molecule has 4 aliphatic rings. The molecule has 0 radical (unpaired) electrons. The first-order valence-corrected chi connectivity index (χ1v) is 11.8. The summed E-state index contributed by atoms with van der Waals surface area (Å²) in [7, 11) is -4.81. The van der Waals surface area contributed by atoms with E-state index in [4.69, 9.17) is 9.39 Å². The Kier molecular flexibility index (Phi) is 6.46. The van der Waals surface area contributed by atoms with E-state index in [1.54, 1.807) is 0 Å². The average Bonchev–Trinajstić information content (AvgIpc) is 3.40. The molecule has 30 heavy (non-hydrogen) atoms. The van der Waals surface area contributed by atoms with E-state index >= 15 is 0 Å². The van der Waals surface area contributed by atoms with Crippen LogP contribution in [0.4, 0.5) is 4.79 Å². The number of carbonyl (C=O) groups is 2. The maximum atomic E-state index is 12.5. The van der Waals surface area contributed by atoms with Crippen LogP contribution in [0.1, 0.15) is 32.1 Å². The lowest BCUT2D eigenvalue weighted by Gasteiger charge is -2.29. The van der Waals surface area contributed by atoms with Crippen molar-refractivity contribution in [3.8, 4) is 0 Å².